The minimum atomic E-state index is -1.18. The number of carboxylic acid groups (broad SMARTS) is 1. The van der Waals surface area contributed by atoms with E-state index in [-0.39, 0.29) is 30.4 Å². The van der Waals surface area contributed by atoms with Gasteiger partial charge in [-0.3, -0.25) is 14.4 Å². The van der Waals surface area contributed by atoms with Gasteiger partial charge in [0, 0.05) is 29.9 Å². The number of nitrogens with two attached hydrogens (primary N) is 1. The van der Waals surface area contributed by atoms with E-state index in [1.165, 1.54) is 12.1 Å². The number of phenolic OH excluding ortho intramolecular Hbond substituents is 1. The Morgan fingerprint density at radius 1 is 0.860 bits per heavy atom. The van der Waals surface area contributed by atoms with Gasteiger partial charge in [-0.1, -0.05) is 64.4 Å². The molecule has 3 rings (SSSR count). The monoisotopic (exact) mass is 593 g/mol. The summed E-state index contributed by atoms with van der Waals surface area (Å²) in [6, 6.07) is 9.47. The molecule has 5 unspecified atom stereocenters. The molecule has 0 aliphatic carbocycles. The number of carbonyl (C=O) groups is 4. The molecule has 0 aliphatic rings. The van der Waals surface area contributed by atoms with Crippen LogP contribution < -0.4 is 21.7 Å². The standard InChI is InChI=1S/C32H43N5O6/c1-5-19(4)28(32(42)43)37-31(41)26(15-20-10-12-22(38)13-11-20)36-30(40)27(35-29(39)24(33)14-18(2)3)16-21-17-34-25-9-7-6-8-23(21)25/h6-13,17-19,24,26-28,34,38H,5,14-16,33H2,1-4H3,(H,35,39)(H,36,40)(H,37,41)(H,42,43). The summed E-state index contributed by atoms with van der Waals surface area (Å²) in [5.74, 6) is -3.13. The van der Waals surface area contributed by atoms with Crippen LogP contribution in [-0.4, -0.2) is 63.1 Å². The maximum Gasteiger partial charge on any atom is 0.326 e. The maximum atomic E-state index is 13.8. The number of carbonyl (C=O) groups excluding carboxylic acids is 3. The normalized spacial score (nSPS) is 14.8. The van der Waals surface area contributed by atoms with Gasteiger partial charge in [-0.25, -0.2) is 4.79 Å². The Labute approximate surface area is 251 Å². The van der Waals surface area contributed by atoms with Crippen LogP contribution >= 0.6 is 0 Å². The SMILES string of the molecule is CCC(C)C(NC(=O)C(Cc1ccc(O)cc1)NC(=O)C(Cc1c[nH]c2ccccc12)NC(=O)C(N)CC(C)C)C(=O)O. The first-order chi connectivity index (χ1) is 20.4. The number of carboxylic acids is 1. The average Bonchev–Trinajstić information content (AvgIpc) is 3.37. The number of aromatic nitrogens is 1. The fourth-order valence-corrected chi connectivity index (χ4v) is 4.91. The van der Waals surface area contributed by atoms with Crippen molar-refractivity contribution in [3.63, 3.8) is 0 Å². The zero-order valence-corrected chi connectivity index (χ0v) is 25.1. The zero-order chi connectivity index (χ0) is 31.7. The number of nitrogens with one attached hydrogen (secondary N) is 4. The lowest BCUT2D eigenvalue weighted by atomic mass is 9.97. The summed E-state index contributed by atoms with van der Waals surface area (Å²) >= 11 is 0. The molecule has 232 valence electrons. The molecule has 2 aromatic carbocycles. The van der Waals surface area contributed by atoms with Gasteiger partial charge < -0.3 is 36.9 Å². The second kappa shape index (κ2) is 15.2. The largest absolute Gasteiger partial charge is 0.508 e. The van der Waals surface area contributed by atoms with Gasteiger partial charge in [0.2, 0.25) is 17.7 Å². The van der Waals surface area contributed by atoms with Crippen LogP contribution in [0.3, 0.4) is 0 Å². The maximum absolute atomic E-state index is 13.8. The van der Waals surface area contributed by atoms with Gasteiger partial charge in [-0.05, 0) is 47.6 Å². The van der Waals surface area contributed by atoms with Gasteiger partial charge in [-0.15, -0.1) is 0 Å². The van der Waals surface area contributed by atoms with Crippen LogP contribution in [0.2, 0.25) is 0 Å². The van der Waals surface area contributed by atoms with Gasteiger partial charge in [0.05, 0.1) is 6.04 Å². The van der Waals surface area contributed by atoms with Crippen molar-refractivity contribution in [1.82, 2.24) is 20.9 Å². The Morgan fingerprint density at radius 2 is 1.47 bits per heavy atom. The van der Waals surface area contributed by atoms with Crippen molar-refractivity contribution in [2.75, 3.05) is 0 Å². The van der Waals surface area contributed by atoms with Crippen LogP contribution in [0, 0.1) is 11.8 Å². The Balaban J connectivity index is 1.91. The molecule has 0 saturated heterocycles. The first-order valence-electron chi connectivity index (χ1n) is 14.6. The fraction of sp³-hybridized carbons (Fsp3) is 0.438. The first kappa shape index (κ1) is 33.1. The van der Waals surface area contributed by atoms with Crippen molar-refractivity contribution < 1.29 is 29.4 Å². The highest BCUT2D eigenvalue weighted by molar-refractivity contribution is 5.95. The van der Waals surface area contributed by atoms with Crippen molar-refractivity contribution in [3.8, 4) is 5.75 Å². The van der Waals surface area contributed by atoms with Crippen LogP contribution in [0.1, 0.15) is 51.7 Å². The summed E-state index contributed by atoms with van der Waals surface area (Å²) in [6.07, 6.45) is 2.85. The third kappa shape index (κ3) is 9.31. The number of para-hydroxylation sites is 1. The van der Waals surface area contributed by atoms with E-state index in [2.05, 4.69) is 20.9 Å². The number of aromatic hydroxyl groups is 1. The number of benzene rings is 2. The first-order valence-corrected chi connectivity index (χ1v) is 14.6. The van der Waals surface area contributed by atoms with E-state index >= 15 is 0 Å². The number of fused-ring (bicyclic) bond motifs is 1. The van der Waals surface area contributed by atoms with E-state index in [0.717, 1.165) is 16.5 Å². The summed E-state index contributed by atoms with van der Waals surface area (Å²) in [5.41, 5.74) is 8.42. The molecule has 11 nitrogen and oxygen atoms in total. The minimum Gasteiger partial charge on any atom is -0.508 e. The summed E-state index contributed by atoms with van der Waals surface area (Å²) < 4.78 is 0. The number of rotatable bonds is 15. The van der Waals surface area contributed by atoms with Crippen molar-refractivity contribution in [2.45, 2.75) is 77.5 Å². The van der Waals surface area contributed by atoms with Gasteiger partial charge in [0.25, 0.3) is 0 Å². The predicted octanol–water partition coefficient (Wildman–Crippen LogP) is 2.62. The number of H-pyrrole nitrogens is 1. The van der Waals surface area contributed by atoms with E-state index in [4.69, 9.17) is 5.73 Å². The van der Waals surface area contributed by atoms with Crippen LogP contribution in [0.25, 0.3) is 10.9 Å². The zero-order valence-electron chi connectivity index (χ0n) is 25.1. The molecule has 0 fully saturated rings. The lowest BCUT2D eigenvalue weighted by Crippen LogP contribution is -2.58. The molecule has 11 heteroatoms. The summed E-state index contributed by atoms with van der Waals surface area (Å²) in [4.78, 5) is 55.5. The second-order valence-electron chi connectivity index (χ2n) is 11.5. The number of aliphatic carboxylic acids is 1. The molecule has 0 bridgehead atoms. The lowest BCUT2D eigenvalue weighted by Gasteiger charge is -2.27. The van der Waals surface area contributed by atoms with Crippen LogP contribution in [0.4, 0.5) is 0 Å². The lowest BCUT2D eigenvalue weighted by molar-refractivity contribution is -0.143. The fourth-order valence-electron chi connectivity index (χ4n) is 4.91. The molecule has 3 aromatic rings. The van der Waals surface area contributed by atoms with Gasteiger partial charge >= 0.3 is 5.97 Å². The molecular formula is C32H43N5O6. The second-order valence-corrected chi connectivity index (χ2v) is 11.5. The Kier molecular flexibility index (Phi) is 11.7. The summed E-state index contributed by atoms with van der Waals surface area (Å²) in [6.45, 7) is 7.43. The molecule has 43 heavy (non-hydrogen) atoms. The Hall–Kier alpha value is -4.38. The molecule has 5 atom stereocenters. The molecule has 0 saturated carbocycles. The predicted molar refractivity (Wildman–Crippen MR) is 164 cm³/mol. The van der Waals surface area contributed by atoms with E-state index in [1.54, 1.807) is 25.3 Å². The highest BCUT2D eigenvalue weighted by atomic mass is 16.4. The van der Waals surface area contributed by atoms with Gasteiger partial charge in [-0.2, -0.15) is 0 Å². The topological polar surface area (TPSA) is 187 Å². The van der Waals surface area contributed by atoms with E-state index in [9.17, 15) is 29.4 Å². The highest BCUT2D eigenvalue weighted by Gasteiger charge is 2.32. The van der Waals surface area contributed by atoms with E-state index in [1.807, 2.05) is 45.0 Å². The van der Waals surface area contributed by atoms with Crippen LogP contribution in [0.15, 0.2) is 54.7 Å². The number of phenols is 1. The minimum absolute atomic E-state index is 0.0192. The van der Waals surface area contributed by atoms with Gasteiger partial charge in [0.15, 0.2) is 0 Å². The molecule has 0 radical (unpaired) electrons. The number of hydrogen-bond acceptors (Lipinski definition) is 6. The summed E-state index contributed by atoms with van der Waals surface area (Å²) in [7, 11) is 0. The molecule has 3 amide bonds. The van der Waals surface area contributed by atoms with Crippen molar-refractivity contribution >= 4 is 34.6 Å². The van der Waals surface area contributed by atoms with Crippen LogP contribution in [0.5, 0.6) is 5.75 Å². The number of aromatic amines is 1. The van der Waals surface area contributed by atoms with Crippen LogP contribution in [-0.2, 0) is 32.0 Å². The molecule has 1 aromatic heterocycles. The van der Waals surface area contributed by atoms with Crippen molar-refractivity contribution in [3.05, 3.63) is 65.9 Å². The average molecular weight is 594 g/mol. The smallest absolute Gasteiger partial charge is 0.326 e. The highest BCUT2D eigenvalue weighted by Crippen LogP contribution is 2.20. The quantitative estimate of drug-likeness (QED) is 0.141. The van der Waals surface area contributed by atoms with Gasteiger partial charge in [0.1, 0.15) is 23.9 Å². The third-order valence-corrected chi connectivity index (χ3v) is 7.58. The summed E-state index contributed by atoms with van der Waals surface area (Å²) in [5, 5.41) is 28.4. The molecule has 1 heterocycles. The van der Waals surface area contributed by atoms with E-state index < -0.39 is 47.9 Å². The molecule has 8 N–H and O–H groups in total. The number of hydrogen-bond donors (Lipinski definition) is 7. The number of amides is 3. The molecular weight excluding hydrogens is 550 g/mol. The van der Waals surface area contributed by atoms with E-state index in [0.29, 0.717) is 18.4 Å². The van der Waals surface area contributed by atoms with Crippen molar-refractivity contribution in [2.24, 2.45) is 17.6 Å². The van der Waals surface area contributed by atoms with Crippen molar-refractivity contribution in [1.29, 1.82) is 0 Å². The molecule has 0 aliphatic heterocycles. The Morgan fingerprint density at radius 3 is 2.09 bits per heavy atom. The molecule has 0 spiro atoms. The third-order valence-electron chi connectivity index (χ3n) is 7.58. The Bertz CT molecular complexity index is 1400.